The van der Waals surface area contributed by atoms with Crippen molar-refractivity contribution < 1.29 is 0 Å². The van der Waals surface area contributed by atoms with Crippen molar-refractivity contribution in [3.8, 4) is 0 Å². The summed E-state index contributed by atoms with van der Waals surface area (Å²) in [5.41, 5.74) is 0.419. The monoisotopic (exact) mass is 264 g/mol. The van der Waals surface area contributed by atoms with Gasteiger partial charge in [-0.25, -0.2) is 4.98 Å². The van der Waals surface area contributed by atoms with E-state index in [0.29, 0.717) is 16.7 Å². The van der Waals surface area contributed by atoms with Crippen LogP contribution in [0.1, 0.15) is 33.0 Å². The summed E-state index contributed by atoms with van der Waals surface area (Å²) < 4.78 is 1.72. The summed E-state index contributed by atoms with van der Waals surface area (Å²) >= 11 is 5.95. The van der Waals surface area contributed by atoms with Crippen molar-refractivity contribution >= 4 is 22.5 Å². The fraction of sp³-hybridized carbons (Fsp3) is 0.429. The van der Waals surface area contributed by atoms with Gasteiger partial charge in [-0.05, 0) is 32.4 Å². The molecule has 2 rings (SSSR count). The number of hydrogen-bond acceptors (Lipinski definition) is 2. The maximum atomic E-state index is 12.6. The first kappa shape index (κ1) is 13.1. The highest BCUT2D eigenvalue weighted by Gasteiger charge is 2.23. The van der Waals surface area contributed by atoms with E-state index in [9.17, 15) is 4.79 Å². The first-order valence-corrected chi connectivity index (χ1v) is 6.62. The lowest BCUT2D eigenvalue weighted by Gasteiger charge is -2.28. The van der Waals surface area contributed by atoms with Crippen LogP contribution < -0.4 is 5.56 Å². The van der Waals surface area contributed by atoms with Crippen molar-refractivity contribution in [2.24, 2.45) is 0 Å². The smallest absolute Gasteiger partial charge is 0.261 e. The second kappa shape index (κ2) is 4.73. The third kappa shape index (κ3) is 2.03. The number of hydrogen-bond donors (Lipinski definition) is 0. The van der Waals surface area contributed by atoms with Crippen LogP contribution in [0.25, 0.3) is 10.9 Å². The zero-order valence-electron chi connectivity index (χ0n) is 10.9. The van der Waals surface area contributed by atoms with Gasteiger partial charge in [0.2, 0.25) is 0 Å². The number of para-hydroxylation sites is 1. The van der Waals surface area contributed by atoms with E-state index in [1.165, 1.54) is 0 Å². The molecule has 96 valence electrons. The average molecular weight is 265 g/mol. The van der Waals surface area contributed by atoms with Crippen LogP contribution >= 0.6 is 11.6 Å². The van der Waals surface area contributed by atoms with Crippen LogP contribution in [-0.2, 0) is 11.4 Å². The van der Waals surface area contributed by atoms with Crippen LogP contribution in [0, 0.1) is 0 Å². The molecule has 0 saturated carbocycles. The van der Waals surface area contributed by atoms with E-state index in [2.05, 4.69) is 11.9 Å². The van der Waals surface area contributed by atoms with Crippen LogP contribution in [0.15, 0.2) is 29.1 Å². The van der Waals surface area contributed by atoms with E-state index in [1.807, 2.05) is 38.1 Å². The lowest BCUT2D eigenvalue weighted by molar-refractivity contribution is 0.321. The topological polar surface area (TPSA) is 34.9 Å². The molecule has 1 aromatic heterocycles. The Morgan fingerprint density at radius 2 is 2.00 bits per heavy atom. The maximum Gasteiger partial charge on any atom is 0.261 e. The average Bonchev–Trinajstić information content (AvgIpc) is 2.38. The molecule has 0 spiro atoms. The van der Waals surface area contributed by atoms with Gasteiger partial charge in [0.15, 0.2) is 0 Å². The Labute approximate surface area is 111 Å². The van der Waals surface area contributed by atoms with Gasteiger partial charge in [0.25, 0.3) is 5.56 Å². The van der Waals surface area contributed by atoms with Crippen molar-refractivity contribution in [1.29, 1.82) is 0 Å². The minimum atomic E-state index is -0.279. The van der Waals surface area contributed by atoms with Crippen molar-refractivity contribution in [2.75, 3.05) is 0 Å². The van der Waals surface area contributed by atoms with Crippen molar-refractivity contribution in [3.05, 3.63) is 40.4 Å². The molecular weight excluding hydrogens is 248 g/mol. The molecule has 3 nitrogen and oxygen atoms in total. The Kier molecular flexibility index (Phi) is 3.44. The predicted octanol–water partition coefficient (Wildman–Crippen LogP) is 3.28. The molecule has 0 aliphatic heterocycles. The standard InChI is InChI=1S/C14H17ClN2O/c1-4-14(2,3)17-12(9-15)16-11-8-6-5-7-10(11)13(17)18/h5-8H,4,9H2,1-3H3. The third-order valence-electron chi connectivity index (χ3n) is 3.44. The van der Waals surface area contributed by atoms with Gasteiger partial charge in [-0.3, -0.25) is 9.36 Å². The van der Waals surface area contributed by atoms with Crippen molar-refractivity contribution in [3.63, 3.8) is 0 Å². The van der Waals surface area contributed by atoms with Crippen molar-refractivity contribution in [1.82, 2.24) is 9.55 Å². The molecular formula is C14H17ClN2O. The van der Waals surface area contributed by atoms with E-state index < -0.39 is 0 Å². The third-order valence-corrected chi connectivity index (χ3v) is 3.67. The predicted molar refractivity (Wildman–Crippen MR) is 75.2 cm³/mol. The Balaban J connectivity index is 2.87. The summed E-state index contributed by atoms with van der Waals surface area (Å²) in [7, 11) is 0. The summed E-state index contributed by atoms with van der Waals surface area (Å²) in [6.45, 7) is 6.11. The molecule has 0 saturated heterocycles. The van der Waals surface area contributed by atoms with Crippen LogP contribution in [0.2, 0.25) is 0 Å². The fourth-order valence-electron chi connectivity index (χ4n) is 2.05. The zero-order valence-corrected chi connectivity index (χ0v) is 11.7. The Hall–Kier alpha value is -1.35. The van der Waals surface area contributed by atoms with Crippen LogP contribution in [0.3, 0.4) is 0 Å². The molecule has 0 bridgehead atoms. The van der Waals surface area contributed by atoms with E-state index in [1.54, 1.807) is 4.57 Å². The Morgan fingerprint density at radius 3 is 2.61 bits per heavy atom. The highest BCUT2D eigenvalue weighted by molar-refractivity contribution is 6.16. The second-order valence-corrected chi connectivity index (χ2v) is 5.25. The van der Waals surface area contributed by atoms with Gasteiger partial charge < -0.3 is 0 Å². The minimum Gasteiger partial charge on any atom is -0.289 e. The fourth-order valence-corrected chi connectivity index (χ4v) is 2.23. The first-order chi connectivity index (χ1) is 8.51. The van der Waals surface area contributed by atoms with Crippen molar-refractivity contribution in [2.45, 2.75) is 38.6 Å². The molecule has 2 aromatic rings. The molecule has 0 aliphatic rings. The molecule has 0 atom stereocenters. The highest BCUT2D eigenvalue weighted by atomic mass is 35.5. The largest absolute Gasteiger partial charge is 0.289 e. The SMILES string of the molecule is CCC(C)(C)n1c(CCl)nc2ccccc2c1=O. The molecule has 0 radical (unpaired) electrons. The molecule has 4 heteroatoms. The van der Waals surface area contributed by atoms with Gasteiger partial charge in [-0.1, -0.05) is 19.1 Å². The summed E-state index contributed by atoms with van der Waals surface area (Å²) in [6, 6.07) is 7.39. The van der Waals surface area contributed by atoms with Gasteiger partial charge in [0.05, 0.1) is 16.8 Å². The van der Waals surface area contributed by atoms with Crippen LogP contribution in [-0.4, -0.2) is 9.55 Å². The summed E-state index contributed by atoms with van der Waals surface area (Å²) in [5, 5.41) is 0.646. The number of benzene rings is 1. The van der Waals surface area contributed by atoms with Crippen LogP contribution in [0.5, 0.6) is 0 Å². The molecule has 18 heavy (non-hydrogen) atoms. The lowest BCUT2D eigenvalue weighted by atomic mass is 10.0. The molecule has 0 N–H and O–H groups in total. The number of nitrogens with zero attached hydrogens (tertiary/aromatic N) is 2. The summed E-state index contributed by atoms with van der Waals surface area (Å²) in [4.78, 5) is 17.1. The van der Waals surface area contributed by atoms with E-state index >= 15 is 0 Å². The van der Waals surface area contributed by atoms with Gasteiger partial charge in [-0.15, -0.1) is 11.6 Å². The quantitative estimate of drug-likeness (QED) is 0.798. The maximum absolute atomic E-state index is 12.6. The molecule has 1 heterocycles. The lowest BCUT2D eigenvalue weighted by Crippen LogP contribution is -2.38. The van der Waals surface area contributed by atoms with E-state index in [-0.39, 0.29) is 17.0 Å². The Bertz CT molecular complexity index is 631. The minimum absolute atomic E-state index is 0.0110. The number of fused-ring (bicyclic) bond motifs is 1. The number of alkyl halides is 1. The number of aromatic nitrogens is 2. The molecule has 0 fully saturated rings. The normalized spacial score (nSPS) is 12.0. The summed E-state index contributed by atoms with van der Waals surface area (Å²) in [6.07, 6.45) is 0.844. The number of halogens is 1. The number of rotatable bonds is 3. The summed E-state index contributed by atoms with van der Waals surface area (Å²) in [5.74, 6) is 0.871. The highest BCUT2D eigenvalue weighted by Crippen LogP contribution is 2.21. The van der Waals surface area contributed by atoms with E-state index in [4.69, 9.17) is 11.6 Å². The molecule has 0 aliphatic carbocycles. The molecule has 0 amide bonds. The van der Waals surface area contributed by atoms with Crippen LogP contribution in [0.4, 0.5) is 0 Å². The zero-order chi connectivity index (χ0) is 13.3. The Morgan fingerprint density at radius 1 is 1.33 bits per heavy atom. The second-order valence-electron chi connectivity index (χ2n) is 4.99. The van der Waals surface area contributed by atoms with Gasteiger partial charge in [-0.2, -0.15) is 0 Å². The first-order valence-electron chi connectivity index (χ1n) is 6.08. The molecule has 0 unspecified atom stereocenters. The van der Waals surface area contributed by atoms with Gasteiger partial charge >= 0.3 is 0 Å². The van der Waals surface area contributed by atoms with Gasteiger partial charge in [0.1, 0.15) is 5.82 Å². The van der Waals surface area contributed by atoms with E-state index in [0.717, 1.165) is 6.42 Å². The van der Waals surface area contributed by atoms with Gasteiger partial charge in [0, 0.05) is 5.54 Å². The molecule has 1 aromatic carbocycles.